The summed E-state index contributed by atoms with van der Waals surface area (Å²) in [6.07, 6.45) is 0. The number of fused-ring (bicyclic) bond motifs is 4. The molecule has 10 aromatic rings. The Kier molecular flexibility index (Phi) is 6.53. The maximum atomic E-state index is 2.40. The van der Waals surface area contributed by atoms with Crippen LogP contribution in [0, 0.1) is 0 Å². The van der Waals surface area contributed by atoms with Crippen molar-refractivity contribution < 1.29 is 0 Å². The number of hydrogen-bond acceptors (Lipinski definition) is 0. The Labute approximate surface area is 290 Å². The number of rotatable bonds is 5. The van der Waals surface area contributed by atoms with Gasteiger partial charge in [-0.05, 0) is 104 Å². The summed E-state index contributed by atoms with van der Waals surface area (Å²) in [6.45, 7) is 0. The fraction of sp³-hybridized carbons (Fsp3) is 0. The maximum Gasteiger partial charge on any atom is 0.0540 e. The Morgan fingerprint density at radius 3 is 1.08 bits per heavy atom. The average Bonchev–Trinajstić information content (AvgIpc) is 3.77. The van der Waals surface area contributed by atoms with Gasteiger partial charge in [0, 0.05) is 22.1 Å². The zero-order valence-corrected chi connectivity index (χ0v) is 27.4. The molecule has 2 heterocycles. The summed E-state index contributed by atoms with van der Waals surface area (Å²) in [6, 6.07) is 70.6. The quantitative estimate of drug-likeness (QED) is 0.178. The Bertz CT molecular complexity index is 2660. The lowest BCUT2D eigenvalue weighted by Crippen LogP contribution is -1.97. The number of benzene rings is 8. The van der Waals surface area contributed by atoms with Crippen molar-refractivity contribution in [1.82, 2.24) is 9.13 Å². The molecule has 0 fully saturated rings. The minimum atomic E-state index is 1.16. The standard InChI is InChI=1S/C48H32N2/c1-3-13-35(14-4-1)47-31-41-27-39(21-25-45(41)49(47)43-23-19-33-11-7-9-17-37(33)29-43)40-22-26-46-42(28-40)32-48(36-15-5-2-6-16-36)50(46)44-24-20-34-12-8-10-18-38(34)30-44/h1-32H. The van der Waals surface area contributed by atoms with Crippen molar-refractivity contribution in [1.29, 1.82) is 0 Å². The molecular formula is C48H32N2. The lowest BCUT2D eigenvalue weighted by Gasteiger charge is -2.13. The molecule has 0 unspecified atom stereocenters. The largest absolute Gasteiger partial charge is 0.309 e. The van der Waals surface area contributed by atoms with Crippen LogP contribution in [0.25, 0.3) is 88.4 Å². The van der Waals surface area contributed by atoms with E-state index in [2.05, 4.69) is 203 Å². The number of nitrogens with zero attached hydrogens (tertiary/aromatic N) is 2. The van der Waals surface area contributed by atoms with E-state index in [1.807, 2.05) is 0 Å². The number of aromatic nitrogens is 2. The van der Waals surface area contributed by atoms with Gasteiger partial charge in [-0.15, -0.1) is 0 Å². The van der Waals surface area contributed by atoms with E-state index < -0.39 is 0 Å². The van der Waals surface area contributed by atoms with Gasteiger partial charge in [0.25, 0.3) is 0 Å². The topological polar surface area (TPSA) is 9.86 Å². The normalized spacial score (nSPS) is 11.6. The van der Waals surface area contributed by atoms with Crippen LogP contribution in [0.1, 0.15) is 0 Å². The van der Waals surface area contributed by atoms with Crippen molar-refractivity contribution in [3.8, 4) is 45.0 Å². The lowest BCUT2D eigenvalue weighted by molar-refractivity contribution is 1.14. The molecule has 0 radical (unpaired) electrons. The third kappa shape index (κ3) is 4.73. The average molecular weight is 637 g/mol. The molecule has 50 heavy (non-hydrogen) atoms. The van der Waals surface area contributed by atoms with Gasteiger partial charge in [-0.3, -0.25) is 0 Å². The zero-order valence-electron chi connectivity index (χ0n) is 27.4. The predicted molar refractivity (Wildman–Crippen MR) is 211 cm³/mol. The molecule has 0 bridgehead atoms. The number of hydrogen-bond donors (Lipinski definition) is 0. The molecule has 0 spiro atoms. The van der Waals surface area contributed by atoms with Gasteiger partial charge in [0.2, 0.25) is 0 Å². The predicted octanol–water partition coefficient (Wildman–Crippen LogP) is 12.9. The molecule has 0 aliphatic carbocycles. The third-order valence-electron chi connectivity index (χ3n) is 10.1. The molecule has 2 nitrogen and oxygen atoms in total. The summed E-state index contributed by atoms with van der Waals surface area (Å²) >= 11 is 0. The van der Waals surface area contributed by atoms with Crippen LogP contribution in [-0.2, 0) is 0 Å². The molecule has 0 aliphatic heterocycles. The highest BCUT2D eigenvalue weighted by Crippen LogP contribution is 2.38. The van der Waals surface area contributed by atoms with E-state index in [0.29, 0.717) is 0 Å². The highest BCUT2D eigenvalue weighted by molar-refractivity contribution is 5.97. The first kappa shape index (κ1) is 28.4. The summed E-state index contributed by atoms with van der Waals surface area (Å²) in [7, 11) is 0. The fourth-order valence-corrected chi connectivity index (χ4v) is 7.62. The SMILES string of the molecule is c1ccc(-c2cc3cc(-c4ccc5c(c4)cc(-c4ccccc4)n5-c4ccc5ccccc5c4)ccc3n2-c2ccc3ccccc3c2)cc1. The van der Waals surface area contributed by atoms with Crippen molar-refractivity contribution in [3.05, 3.63) is 194 Å². The molecule has 0 aliphatic rings. The summed E-state index contributed by atoms with van der Waals surface area (Å²) in [5, 5.41) is 7.40. The molecular weight excluding hydrogens is 605 g/mol. The van der Waals surface area contributed by atoms with Gasteiger partial charge in [0.15, 0.2) is 0 Å². The third-order valence-corrected chi connectivity index (χ3v) is 10.1. The second kappa shape index (κ2) is 11.5. The summed E-state index contributed by atoms with van der Waals surface area (Å²) in [4.78, 5) is 0. The van der Waals surface area contributed by atoms with Crippen LogP contribution in [0.4, 0.5) is 0 Å². The molecule has 0 atom stereocenters. The van der Waals surface area contributed by atoms with Gasteiger partial charge >= 0.3 is 0 Å². The second-order valence-electron chi connectivity index (χ2n) is 13.1. The minimum Gasteiger partial charge on any atom is -0.309 e. The molecule has 2 heteroatoms. The highest BCUT2D eigenvalue weighted by atomic mass is 15.0. The van der Waals surface area contributed by atoms with E-state index in [-0.39, 0.29) is 0 Å². The van der Waals surface area contributed by atoms with Gasteiger partial charge in [-0.25, -0.2) is 0 Å². The maximum absolute atomic E-state index is 2.40. The molecule has 10 rings (SSSR count). The van der Waals surface area contributed by atoms with Gasteiger partial charge in [0.05, 0.1) is 22.4 Å². The van der Waals surface area contributed by atoms with Crippen LogP contribution in [0.15, 0.2) is 194 Å². The molecule has 0 saturated carbocycles. The van der Waals surface area contributed by atoms with Crippen LogP contribution >= 0.6 is 0 Å². The van der Waals surface area contributed by atoms with Crippen LogP contribution in [-0.4, -0.2) is 9.13 Å². The molecule has 0 saturated heterocycles. The van der Waals surface area contributed by atoms with Gasteiger partial charge in [-0.2, -0.15) is 0 Å². The molecule has 0 N–H and O–H groups in total. The second-order valence-corrected chi connectivity index (χ2v) is 13.1. The van der Waals surface area contributed by atoms with Crippen molar-refractivity contribution in [2.75, 3.05) is 0 Å². The Balaban J connectivity index is 1.13. The Morgan fingerprint density at radius 2 is 0.640 bits per heavy atom. The van der Waals surface area contributed by atoms with E-state index in [1.165, 1.54) is 77.0 Å². The smallest absolute Gasteiger partial charge is 0.0540 e. The molecule has 0 amide bonds. The molecule has 8 aromatic carbocycles. The fourth-order valence-electron chi connectivity index (χ4n) is 7.62. The molecule has 234 valence electrons. The van der Waals surface area contributed by atoms with E-state index in [0.717, 1.165) is 11.4 Å². The van der Waals surface area contributed by atoms with E-state index in [9.17, 15) is 0 Å². The molecule has 2 aromatic heterocycles. The van der Waals surface area contributed by atoms with Crippen molar-refractivity contribution >= 4 is 43.4 Å². The monoisotopic (exact) mass is 636 g/mol. The van der Waals surface area contributed by atoms with Crippen LogP contribution in [0.3, 0.4) is 0 Å². The van der Waals surface area contributed by atoms with Crippen LogP contribution in [0.2, 0.25) is 0 Å². The summed E-state index contributed by atoms with van der Waals surface area (Å²) in [5.41, 5.74) is 11.9. The van der Waals surface area contributed by atoms with Gasteiger partial charge in [0.1, 0.15) is 0 Å². The zero-order chi connectivity index (χ0) is 33.0. The first-order valence-electron chi connectivity index (χ1n) is 17.2. The van der Waals surface area contributed by atoms with Gasteiger partial charge in [-0.1, -0.05) is 133 Å². The Hall–Kier alpha value is -6.64. The lowest BCUT2D eigenvalue weighted by atomic mass is 10.0. The van der Waals surface area contributed by atoms with Crippen molar-refractivity contribution in [2.45, 2.75) is 0 Å². The van der Waals surface area contributed by atoms with E-state index in [1.54, 1.807) is 0 Å². The Morgan fingerprint density at radius 1 is 0.240 bits per heavy atom. The highest BCUT2D eigenvalue weighted by Gasteiger charge is 2.17. The van der Waals surface area contributed by atoms with Crippen LogP contribution in [0.5, 0.6) is 0 Å². The minimum absolute atomic E-state index is 1.16. The van der Waals surface area contributed by atoms with E-state index >= 15 is 0 Å². The van der Waals surface area contributed by atoms with Crippen LogP contribution < -0.4 is 0 Å². The first-order chi connectivity index (χ1) is 24.8. The van der Waals surface area contributed by atoms with Crippen molar-refractivity contribution in [2.24, 2.45) is 0 Å². The summed E-state index contributed by atoms with van der Waals surface area (Å²) < 4.78 is 4.81. The first-order valence-corrected chi connectivity index (χ1v) is 17.2. The van der Waals surface area contributed by atoms with Gasteiger partial charge < -0.3 is 9.13 Å². The summed E-state index contributed by atoms with van der Waals surface area (Å²) in [5.74, 6) is 0. The van der Waals surface area contributed by atoms with Crippen molar-refractivity contribution in [3.63, 3.8) is 0 Å². The van der Waals surface area contributed by atoms with E-state index in [4.69, 9.17) is 0 Å².